The number of benzene rings is 1. The SMILES string of the molecule is N#Cc1cc2c(cc1N1CCCC1)OCCO2. The second-order valence-corrected chi connectivity index (χ2v) is 4.32. The van der Waals surface area contributed by atoms with E-state index in [9.17, 15) is 5.26 Å². The summed E-state index contributed by atoms with van der Waals surface area (Å²) < 4.78 is 11.1. The van der Waals surface area contributed by atoms with Gasteiger partial charge in [0.15, 0.2) is 11.5 Å². The molecule has 2 heterocycles. The van der Waals surface area contributed by atoms with Crippen molar-refractivity contribution in [2.75, 3.05) is 31.2 Å². The first kappa shape index (κ1) is 10.3. The Bertz CT molecular complexity index is 473. The van der Waals surface area contributed by atoms with Gasteiger partial charge >= 0.3 is 0 Å². The summed E-state index contributed by atoms with van der Waals surface area (Å²) in [5, 5.41) is 9.21. The Kier molecular flexibility index (Phi) is 2.52. The summed E-state index contributed by atoms with van der Waals surface area (Å²) in [6.45, 7) is 3.18. The average molecular weight is 230 g/mol. The zero-order valence-corrected chi connectivity index (χ0v) is 9.61. The molecule has 0 aliphatic carbocycles. The van der Waals surface area contributed by atoms with Crippen molar-refractivity contribution >= 4 is 5.69 Å². The second kappa shape index (κ2) is 4.17. The maximum absolute atomic E-state index is 9.21. The van der Waals surface area contributed by atoms with E-state index >= 15 is 0 Å². The lowest BCUT2D eigenvalue weighted by molar-refractivity contribution is 0.171. The molecule has 4 heteroatoms. The zero-order chi connectivity index (χ0) is 11.7. The maximum atomic E-state index is 9.21. The van der Waals surface area contributed by atoms with Crippen LogP contribution in [0.15, 0.2) is 12.1 Å². The van der Waals surface area contributed by atoms with Gasteiger partial charge < -0.3 is 14.4 Å². The number of nitriles is 1. The number of rotatable bonds is 1. The van der Waals surface area contributed by atoms with Crippen LogP contribution >= 0.6 is 0 Å². The molecule has 17 heavy (non-hydrogen) atoms. The molecule has 0 spiro atoms. The zero-order valence-electron chi connectivity index (χ0n) is 9.61. The Hall–Kier alpha value is -1.89. The minimum atomic E-state index is 0.556. The lowest BCUT2D eigenvalue weighted by Gasteiger charge is -2.24. The number of anilines is 1. The first-order valence-corrected chi connectivity index (χ1v) is 5.97. The Labute approximate surface area is 100 Å². The molecule has 0 atom stereocenters. The van der Waals surface area contributed by atoms with Crippen LogP contribution in [0.5, 0.6) is 11.5 Å². The van der Waals surface area contributed by atoms with E-state index in [0.29, 0.717) is 24.5 Å². The van der Waals surface area contributed by atoms with Crippen LogP contribution in [-0.2, 0) is 0 Å². The third-order valence-corrected chi connectivity index (χ3v) is 3.23. The normalized spacial score (nSPS) is 17.9. The molecule has 2 aliphatic rings. The molecule has 0 saturated carbocycles. The molecule has 1 fully saturated rings. The van der Waals surface area contributed by atoms with Gasteiger partial charge in [-0.3, -0.25) is 0 Å². The van der Waals surface area contributed by atoms with E-state index in [2.05, 4.69) is 11.0 Å². The van der Waals surface area contributed by atoms with Crippen molar-refractivity contribution in [3.05, 3.63) is 17.7 Å². The first-order chi connectivity index (χ1) is 8.38. The van der Waals surface area contributed by atoms with Crippen LogP contribution in [0, 0.1) is 11.3 Å². The highest BCUT2D eigenvalue weighted by Gasteiger charge is 2.21. The predicted molar refractivity (Wildman–Crippen MR) is 63.6 cm³/mol. The Morgan fingerprint density at radius 1 is 1.06 bits per heavy atom. The molecule has 88 valence electrons. The molecule has 0 bridgehead atoms. The van der Waals surface area contributed by atoms with Gasteiger partial charge in [0.2, 0.25) is 0 Å². The van der Waals surface area contributed by atoms with Crippen LogP contribution in [0.2, 0.25) is 0 Å². The number of hydrogen-bond donors (Lipinski definition) is 0. The van der Waals surface area contributed by atoms with Gasteiger partial charge in [-0.05, 0) is 12.8 Å². The van der Waals surface area contributed by atoms with Gasteiger partial charge in [-0.2, -0.15) is 5.26 Å². The van der Waals surface area contributed by atoms with Gasteiger partial charge in [-0.15, -0.1) is 0 Å². The molecule has 1 aromatic rings. The van der Waals surface area contributed by atoms with Gasteiger partial charge in [0, 0.05) is 25.2 Å². The summed E-state index contributed by atoms with van der Waals surface area (Å²) >= 11 is 0. The fraction of sp³-hybridized carbons (Fsp3) is 0.462. The first-order valence-electron chi connectivity index (χ1n) is 5.97. The van der Waals surface area contributed by atoms with E-state index in [1.54, 1.807) is 6.07 Å². The quantitative estimate of drug-likeness (QED) is 0.739. The highest BCUT2D eigenvalue weighted by molar-refractivity contribution is 5.66. The monoisotopic (exact) mass is 230 g/mol. The van der Waals surface area contributed by atoms with Gasteiger partial charge in [0.25, 0.3) is 0 Å². The number of hydrogen-bond acceptors (Lipinski definition) is 4. The van der Waals surface area contributed by atoms with E-state index in [1.807, 2.05) is 6.07 Å². The number of ether oxygens (including phenoxy) is 2. The van der Waals surface area contributed by atoms with E-state index in [0.717, 1.165) is 24.5 Å². The molecule has 0 amide bonds. The molecular weight excluding hydrogens is 216 g/mol. The third kappa shape index (κ3) is 1.78. The van der Waals surface area contributed by atoms with Gasteiger partial charge in [-0.25, -0.2) is 0 Å². The predicted octanol–water partition coefficient (Wildman–Crippen LogP) is 1.93. The van der Waals surface area contributed by atoms with Crippen LogP contribution in [0.4, 0.5) is 5.69 Å². The summed E-state index contributed by atoms with van der Waals surface area (Å²) in [6.07, 6.45) is 2.39. The van der Waals surface area contributed by atoms with Crippen LogP contribution in [-0.4, -0.2) is 26.3 Å². The fourth-order valence-electron chi connectivity index (χ4n) is 2.39. The largest absolute Gasteiger partial charge is 0.486 e. The topological polar surface area (TPSA) is 45.5 Å². The average Bonchev–Trinajstić information content (AvgIpc) is 2.91. The molecule has 0 N–H and O–H groups in total. The van der Waals surface area contributed by atoms with Crippen LogP contribution < -0.4 is 14.4 Å². The van der Waals surface area contributed by atoms with Gasteiger partial charge in [0.05, 0.1) is 11.3 Å². The molecule has 4 nitrogen and oxygen atoms in total. The lowest BCUT2D eigenvalue weighted by atomic mass is 10.1. The highest BCUT2D eigenvalue weighted by atomic mass is 16.6. The molecule has 0 unspecified atom stereocenters. The van der Waals surface area contributed by atoms with Crippen LogP contribution in [0.1, 0.15) is 18.4 Å². The minimum absolute atomic E-state index is 0.556. The third-order valence-electron chi connectivity index (χ3n) is 3.23. The summed E-state index contributed by atoms with van der Waals surface area (Å²) in [5.74, 6) is 1.45. The van der Waals surface area contributed by atoms with E-state index < -0.39 is 0 Å². The summed E-state index contributed by atoms with van der Waals surface area (Å²) in [7, 11) is 0. The van der Waals surface area contributed by atoms with E-state index in [1.165, 1.54) is 12.8 Å². The van der Waals surface area contributed by atoms with Crippen molar-refractivity contribution in [1.82, 2.24) is 0 Å². The maximum Gasteiger partial charge on any atom is 0.163 e. The van der Waals surface area contributed by atoms with Crippen LogP contribution in [0.25, 0.3) is 0 Å². The van der Waals surface area contributed by atoms with E-state index in [4.69, 9.17) is 9.47 Å². The molecule has 2 aliphatic heterocycles. The highest BCUT2D eigenvalue weighted by Crippen LogP contribution is 2.37. The Morgan fingerprint density at radius 3 is 2.35 bits per heavy atom. The van der Waals surface area contributed by atoms with Crippen molar-refractivity contribution < 1.29 is 9.47 Å². The lowest BCUT2D eigenvalue weighted by Crippen LogP contribution is -2.20. The molecule has 3 rings (SSSR count). The summed E-state index contributed by atoms with van der Waals surface area (Å²) in [5.41, 5.74) is 1.66. The summed E-state index contributed by atoms with van der Waals surface area (Å²) in [4.78, 5) is 2.25. The van der Waals surface area contributed by atoms with Crippen molar-refractivity contribution in [3.8, 4) is 17.6 Å². The standard InChI is InChI=1S/C13H14N2O2/c14-9-10-7-12-13(17-6-5-16-12)8-11(10)15-3-1-2-4-15/h7-8H,1-6H2. The Balaban J connectivity index is 2.04. The molecule has 0 aromatic heterocycles. The second-order valence-electron chi connectivity index (χ2n) is 4.32. The van der Waals surface area contributed by atoms with Gasteiger partial charge in [0.1, 0.15) is 19.3 Å². The van der Waals surface area contributed by atoms with Crippen molar-refractivity contribution in [1.29, 1.82) is 5.26 Å². The minimum Gasteiger partial charge on any atom is -0.486 e. The molecular formula is C13H14N2O2. The van der Waals surface area contributed by atoms with Crippen LogP contribution in [0.3, 0.4) is 0 Å². The fourth-order valence-corrected chi connectivity index (χ4v) is 2.39. The van der Waals surface area contributed by atoms with Crippen molar-refractivity contribution in [2.45, 2.75) is 12.8 Å². The van der Waals surface area contributed by atoms with E-state index in [-0.39, 0.29) is 0 Å². The molecule has 0 radical (unpaired) electrons. The number of fused-ring (bicyclic) bond motifs is 1. The Morgan fingerprint density at radius 2 is 1.71 bits per heavy atom. The van der Waals surface area contributed by atoms with Crippen molar-refractivity contribution in [3.63, 3.8) is 0 Å². The molecule has 1 saturated heterocycles. The molecule has 1 aromatic carbocycles. The van der Waals surface area contributed by atoms with Crippen molar-refractivity contribution in [2.24, 2.45) is 0 Å². The smallest absolute Gasteiger partial charge is 0.163 e. The number of nitrogens with zero attached hydrogens (tertiary/aromatic N) is 2. The summed E-state index contributed by atoms with van der Waals surface area (Å²) in [6, 6.07) is 5.98. The van der Waals surface area contributed by atoms with Gasteiger partial charge in [-0.1, -0.05) is 0 Å².